The smallest absolute Gasteiger partial charge is 0.282 e. The molecule has 0 bridgehead atoms. The highest BCUT2D eigenvalue weighted by Gasteiger charge is 2.08. The highest BCUT2D eigenvalue weighted by molar-refractivity contribution is 9.10. The molecule has 0 unspecified atom stereocenters. The lowest BCUT2D eigenvalue weighted by molar-refractivity contribution is 0.304. The van der Waals surface area contributed by atoms with Crippen molar-refractivity contribution in [3.05, 3.63) is 102 Å². The second-order valence-electron chi connectivity index (χ2n) is 6.79. The van der Waals surface area contributed by atoms with E-state index in [2.05, 4.69) is 41.9 Å². The van der Waals surface area contributed by atoms with Gasteiger partial charge >= 0.3 is 0 Å². The maximum Gasteiger partial charge on any atom is 0.282 e. The fourth-order valence-corrected chi connectivity index (χ4v) is 3.97. The van der Waals surface area contributed by atoms with Crippen molar-refractivity contribution >= 4 is 60.6 Å². The quantitative estimate of drug-likeness (QED) is 0.267. The van der Waals surface area contributed by atoms with E-state index in [0.29, 0.717) is 34.1 Å². The molecule has 1 aromatic heterocycles. The van der Waals surface area contributed by atoms with Gasteiger partial charge in [-0.25, -0.2) is 4.98 Å². The van der Waals surface area contributed by atoms with Gasteiger partial charge in [0.1, 0.15) is 18.2 Å². The number of halogens is 3. The predicted octanol–water partition coefficient (Wildman–Crippen LogP) is 6.34. The summed E-state index contributed by atoms with van der Waals surface area (Å²) in [7, 11) is 0. The van der Waals surface area contributed by atoms with E-state index in [0.717, 1.165) is 20.1 Å². The molecular formula is C23H16Br2ClN3O2. The van der Waals surface area contributed by atoms with Gasteiger partial charge in [-0.1, -0.05) is 39.7 Å². The summed E-state index contributed by atoms with van der Waals surface area (Å²) >= 11 is 12.8. The molecule has 4 aromatic rings. The van der Waals surface area contributed by atoms with Crippen LogP contribution in [-0.4, -0.2) is 15.9 Å². The summed E-state index contributed by atoms with van der Waals surface area (Å²) in [5, 5.41) is 5.55. The molecule has 0 saturated carbocycles. The SMILES string of the molecule is Cc1nc2ccc(Br)cc2c(=O)n1N=Cc1ccc(OCc2ccc(Cl)cc2)c(Br)c1. The summed E-state index contributed by atoms with van der Waals surface area (Å²) < 4.78 is 8.78. The Morgan fingerprint density at radius 3 is 2.61 bits per heavy atom. The molecule has 0 aliphatic carbocycles. The van der Waals surface area contributed by atoms with Gasteiger partial charge in [-0.05, 0) is 82.5 Å². The van der Waals surface area contributed by atoms with Crippen molar-refractivity contribution in [2.24, 2.45) is 5.10 Å². The van der Waals surface area contributed by atoms with Crippen molar-refractivity contribution in [2.75, 3.05) is 0 Å². The van der Waals surface area contributed by atoms with Crippen molar-refractivity contribution in [3.63, 3.8) is 0 Å². The number of benzene rings is 3. The monoisotopic (exact) mass is 559 g/mol. The van der Waals surface area contributed by atoms with Crippen LogP contribution in [0.3, 0.4) is 0 Å². The maximum absolute atomic E-state index is 12.8. The summed E-state index contributed by atoms with van der Waals surface area (Å²) in [5.74, 6) is 1.22. The van der Waals surface area contributed by atoms with Gasteiger partial charge in [-0.3, -0.25) is 4.79 Å². The zero-order valence-corrected chi connectivity index (χ0v) is 20.3. The minimum atomic E-state index is -0.220. The van der Waals surface area contributed by atoms with E-state index < -0.39 is 0 Å². The van der Waals surface area contributed by atoms with E-state index >= 15 is 0 Å². The molecule has 0 fully saturated rings. The van der Waals surface area contributed by atoms with Gasteiger partial charge in [0.15, 0.2) is 0 Å². The van der Waals surface area contributed by atoms with Crippen molar-refractivity contribution in [1.29, 1.82) is 0 Å². The molecule has 31 heavy (non-hydrogen) atoms. The van der Waals surface area contributed by atoms with Crippen LogP contribution in [0.4, 0.5) is 0 Å². The average molecular weight is 562 g/mol. The number of hydrogen-bond acceptors (Lipinski definition) is 4. The van der Waals surface area contributed by atoms with Crippen LogP contribution in [0.25, 0.3) is 10.9 Å². The van der Waals surface area contributed by atoms with Crippen LogP contribution in [0.2, 0.25) is 5.02 Å². The Morgan fingerprint density at radius 1 is 1.10 bits per heavy atom. The Labute approximate surface area is 200 Å². The van der Waals surface area contributed by atoms with Gasteiger partial charge in [0.25, 0.3) is 5.56 Å². The van der Waals surface area contributed by atoms with E-state index in [1.54, 1.807) is 19.2 Å². The molecule has 0 spiro atoms. The number of fused-ring (bicyclic) bond motifs is 1. The number of aryl methyl sites for hydroxylation is 1. The van der Waals surface area contributed by atoms with E-state index in [-0.39, 0.29) is 5.56 Å². The highest BCUT2D eigenvalue weighted by atomic mass is 79.9. The zero-order chi connectivity index (χ0) is 22.0. The van der Waals surface area contributed by atoms with Crippen molar-refractivity contribution in [2.45, 2.75) is 13.5 Å². The Kier molecular flexibility index (Phi) is 6.55. The van der Waals surface area contributed by atoms with Crippen LogP contribution in [0.1, 0.15) is 17.0 Å². The van der Waals surface area contributed by atoms with E-state index in [1.165, 1.54) is 4.68 Å². The van der Waals surface area contributed by atoms with Gasteiger partial charge in [0, 0.05) is 9.50 Å². The second-order valence-corrected chi connectivity index (χ2v) is 8.99. The molecule has 3 aromatic carbocycles. The fraction of sp³-hybridized carbons (Fsp3) is 0.0870. The number of rotatable bonds is 5. The third-order valence-electron chi connectivity index (χ3n) is 4.56. The highest BCUT2D eigenvalue weighted by Crippen LogP contribution is 2.26. The topological polar surface area (TPSA) is 56.5 Å². The number of nitrogens with zero attached hydrogens (tertiary/aromatic N) is 3. The molecular weight excluding hydrogens is 546 g/mol. The van der Waals surface area contributed by atoms with Gasteiger partial charge in [-0.15, -0.1) is 0 Å². The van der Waals surface area contributed by atoms with Crippen LogP contribution >= 0.6 is 43.5 Å². The Morgan fingerprint density at radius 2 is 1.87 bits per heavy atom. The Balaban J connectivity index is 1.55. The summed E-state index contributed by atoms with van der Waals surface area (Å²) in [4.78, 5) is 17.3. The summed E-state index contributed by atoms with van der Waals surface area (Å²) in [6, 6.07) is 18.5. The first-order valence-electron chi connectivity index (χ1n) is 9.31. The van der Waals surface area contributed by atoms with E-state index in [4.69, 9.17) is 16.3 Å². The first kappa shape index (κ1) is 21.7. The summed E-state index contributed by atoms with van der Waals surface area (Å²) in [6.45, 7) is 2.18. The normalized spacial score (nSPS) is 11.4. The molecule has 0 N–H and O–H groups in total. The molecule has 0 atom stereocenters. The molecule has 0 aliphatic heterocycles. The molecule has 0 aliphatic rings. The minimum absolute atomic E-state index is 0.220. The van der Waals surface area contributed by atoms with Crippen LogP contribution in [0.15, 0.2) is 79.5 Å². The minimum Gasteiger partial charge on any atom is -0.488 e. The largest absolute Gasteiger partial charge is 0.488 e. The number of hydrogen-bond donors (Lipinski definition) is 0. The molecule has 5 nitrogen and oxygen atoms in total. The third kappa shape index (κ3) is 5.06. The van der Waals surface area contributed by atoms with Gasteiger partial charge in [-0.2, -0.15) is 9.78 Å². The van der Waals surface area contributed by atoms with Crippen molar-refractivity contribution in [1.82, 2.24) is 9.66 Å². The first-order chi connectivity index (χ1) is 14.9. The summed E-state index contributed by atoms with van der Waals surface area (Å²) in [6.07, 6.45) is 1.62. The molecule has 156 valence electrons. The number of aromatic nitrogens is 2. The van der Waals surface area contributed by atoms with Crippen LogP contribution in [-0.2, 0) is 6.61 Å². The summed E-state index contributed by atoms with van der Waals surface area (Å²) in [5.41, 5.74) is 2.25. The lowest BCUT2D eigenvalue weighted by Crippen LogP contribution is -2.20. The van der Waals surface area contributed by atoms with Crippen LogP contribution in [0, 0.1) is 6.92 Å². The lowest BCUT2D eigenvalue weighted by Gasteiger charge is -2.09. The molecule has 4 rings (SSSR count). The van der Waals surface area contributed by atoms with Crippen LogP contribution < -0.4 is 10.3 Å². The molecule has 8 heteroatoms. The molecule has 0 saturated heterocycles. The van der Waals surface area contributed by atoms with E-state index in [1.807, 2.05) is 54.6 Å². The molecule has 0 amide bonds. The van der Waals surface area contributed by atoms with Gasteiger partial charge in [0.2, 0.25) is 0 Å². The lowest BCUT2D eigenvalue weighted by atomic mass is 10.2. The molecule has 0 radical (unpaired) electrons. The third-order valence-corrected chi connectivity index (χ3v) is 5.92. The van der Waals surface area contributed by atoms with E-state index in [9.17, 15) is 4.79 Å². The Bertz CT molecular complexity index is 1350. The van der Waals surface area contributed by atoms with Crippen molar-refractivity contribution in [3.8, 4) is 5.75 Å². The standard InChI is InChI=1S/C23H16Br2ClN3O2/c1-14-28-21-8-5-17(24)11-19(21)23(30)29(14)27-12-16-4-9-22(20(25)10-16)31-13-15-2-6-18(26)7-3-15/h2-12H,13H2,1H3. The number of ether oxygens (including phenoxy) is 1. The average Bonchev–Trinajstić information content (AvgIpc) is 2.75. The van der Waals surface area contributed by atoms with Gasteiger partial charge in [0.05, 0.1) is 21.6 Å². The van der Waals surface area contributed by atoms with Gasteiger partial charge < -0.3 is 4.74 Å². The van der Waals surface area contributed by atoms with Crippen LogP contribution in [0.5, 0.6) is 5.75 Å². The Hall–Kier alpha value is -2.48. The molecule has 1 heterocycles. The maximum atomic E-state index is 12.8. The zero-order valence-electron chi connectivity index (χ0n) is 16.3. The van der Waals surface area contributed by atoms with Crippen molar-refractivity contribution < 1.29 is 4.74 Å². The second kappa shape index (κ2) is 9.34. The predicted molar refractivity (Wildman–Crippen MR) is 131 cm³/mol. The fourth-order valence-electron chi connectivity index (χ4n) is 2.98. The first-order valence-corrected chi connectivity index (χ1v) is 11.3.